The molecule has 1 aromatic rings. The summed E-state index contributed by atoms with van der Waals surface area (Å²) in [6.45, 7) is -0.0870. The summed E-state index contributed by atoms with van der Waals surface area (Å²) >= 11 is 0. The quantitative estimate of drug-likeness (QED) is 0.329. The van der Waals surface area contributed by atoms with Crippen molar-refractivity contribution in [1.82, 2.24) is 10.6 Å². The number of hydrogen-bond donors (Lipinski definition) is 5. The van der Waals surface area contributed by atoms with Gasteiger partial charge in [-0.2, -0.15) is 0 Å². The van der Waals surface area contributed by atoms with Crippen LogP contribution < -0.4 is 10.6 Å². The van der Waals surface area contributed by atoms with E-state index in [1.165, 1.54) is 0 Å². The highest BCUT2D eigenvalue weighted by Crippen LogP contribution is 2.05. The Balaban J connectivity index is 2.71. The molecular formula is C18H22N2O9. The molecule has 1 rings (SSSR count). The lowest BCUT2D eigenvalue weighted by Crippen LogP contribution is -2.51. The standard InChI is InChI=1S/C18H22N2O9/c21-14(22)8-6-12(16(25)19-13(17(26)27)7-9-15(23)24)20-18(28)29-10-11-4-2-1-3-5-11/h1-5,12-13H,6-10H2,(H,19,25)(H,20,28)(H,21,22)(H,23,24)(H,26,27)/t12-,13-/m1/s1. The van der Waals surface area contributed by atoms with Crippen molar-refractivity contribution in [3.05, 3.63) is 35.9 Å². The van der Waals surface area contributed by atoms with Crippen LogP contribution in [0.15, 0.2) is 30.3 Å². The molecule has 0 radical (unpaired) electrons. The van der Waals surface area contributed by atoms with Crippen molar-refractivity contribution in [1.29, 1.82) is 0 Å². The average Bonchev–Trinajstić information content (AvgIpc) is 2.66. The molecule has 0 saturated carbocycles. The summed E-state index contributed by atoms with van der Waals surface area (Å²) in [6.07, 6.45) is -2.64. The Morgan fingerprint density at radius 3 is 1.90 bits per heavy atom. The zero-order valence-electron chi connectivity index (χ0n) is 15.4. The molecule has 0 heterocycles. The summed E-state index contributed by atoms with van der Waals surface area (Å²) in [6, 6.07) is 5.79. The van der Waals surface area contributed by atoms with Crippen molar-refractivity contribution in [2.45, 2.75) is 44.4 Å². The number of benzene rings is 1. The molecule has 11 heteroatoms. The summed E-state index contributed by atoms with van der Waals surface area (Å²) in [5, 5.41) is 30.9. The molecule has 0 fully saturated rings. The van der Waals surface area contributed by atoms with Gasteiger partial charge in [-0.3, -0.25) is 14.4 Å². The van der Waals surface area contributed by atoms with Crippen molar-refractivity contribution in [2.75, 3.05) is 0 Å². The molecule has 1 aromatic carbocycles. The van der Waals surface area contributed by atoms with E-state index in [1.54, 1.807) is 30.3 Å². The first kappa shape index (κ1) is 23.4. The summed E-state index contributed by atoms with van der Waals surface area (Å²) in [5.74, 6) is -4.87. The van der Waals surface area contributed by atoms with Crippen molar-refractivity contribution in [3.63, 3.8) is 0 Å². The molecule has 0 aromatic heterocycles. The maximum absolute atomic E-state index is 12.3. The zero-order chi connectivity index (χ0) is 21.8. The normalized spacial score (nSPS) is 12.3. The fraction of sp³-hybridized carbons (Fsp3) is 0.389. The molecule has 2 atom stereocenters. The van der Waals surface area contributed by atoms with Gasteiger partial charge in [0.2, 0.25) is 5.91 Å². The number of carbonyl (C=O) groups is 5. The van der Waals surface area contributed by atoms with Crippen molar-refractivity contribution < 1.29 is 44.0 Å². The van der Waals surface area contributed by atoms with E-state index in [-0.39, 0.29) is 19.4 Å². The van der Waals surface area contributed by atoms with Crippen LogP contribution >= 0.6 is 0 Å². The topological polar surface area (TPSA) is 179 Å². The fourth-order valence-corrected chi connectivity index (χ4v) is 2.24. The third-order valence-electron chi connectivity index (χ3n) is 3.73. The first-order valence-corrected chi connectivity index (χ1v) is 8.63. The lowest BCUT2D eigenvalue weighted by atomic mass is 10.1. The largest absolute Gasteiger partial charge is 0.481 e. The van der Waals surface area contributed by atoms with E-state index in [4.69, 9.17) is 20.1 Å². The lowest BCUT2D eigenvalue weighted by molar-refractivity contribution is -0.144. The number of aliphatic carboxylic acids is 3. The number of carbonyl (C=O) groups excluding carboxylic acids is 2. The van der Waals surface area contributed by atoms with Crippen LogP contribution in [0.3, 0.4) is 0 Å². The van der Waals surface area contributed by atoms with Gasteiger partial charge >= 0.3 is 24.0 Å². The predicted molar refractivity (Wildman–Crippen MR) is 96.9 cm³/mol. The third kappa shape index (κ3) is 9.75. The van der Waals surface area contributed by atoms with E-state index in [0.717, 1.165) is 0 Å². The van der Waals surface area contributed by atoms with Crippen molar-refractivity contribution in [2.24, 2.45) is 0 Å². The van der Waals surface area contributed by atoms with E-state index in [1.807, 2.05) is 0 Å². The minimum Gasteiger partial charge on any atom is -0.481 e. The Bertz CT molecular complexity index is 736. The molecule has 0 aliphatic rings. The molecule has 0 unspecified atom stereocenters. The fourth-order valence-electron chi connectivity index (χ4n) is 2.24. The van der Waals surface area contributed by atoms with Crippen LogP contribution in [-0.4, -0.2) is 57.3 Å². The molecule has 0 bridgehead atoms. The maximum Gasteiger partial charge on any atom is 0.408 e. The van der Waals surface area contributed by atoms with Gasteiger partial charge in [0.15, 0.2) is 0 Å². The van der Waals surface area contributed by atoms with Crippen molar-refractivity contribution >= 4 is 29.9 Å². The Labute approximate surface area is 165 Å². The second-order valence-corrected chi connectivity index (χ2v) is 6.02. The van der Waals surface area contributed by atoms with Gasteiger partial charge < -0.3 is 30.7 Å². The monoisotopic (exact) mass is 410 g/mol. The Morgan fingerprint density at radius 2 is 1.38 bits per heavy atom. The summed E-state index contributed by atoms with van der Waals surface area (Å²) < 4.78 is 4.98. The smallest absolute Gasteiger partial charge is 0.408 e. The van der Waals surface area contributed by atoms with Gasteiger partial charge in [0.1, 0.15) is 18.7 Å². The number of nitrogens with one attached hydrogen (secondary N) is 2. The second-order valence-electron chi connectivity index (χ2n) is 6.02. The molecule has 2 amide bonds. The van der Waals surface area contributed by atoms with Crippen LogP contribution in [0.2, 0.25) is 0 Å². The molecular weight excluding hydrogens is 388 g/mol. The van der Waals surface area contributed by atoms with Gasteiger partial charge in [-0.1, -0.05) is 30.3 Å². The zero-order valence-corrected chi connectivity index (χ0v) is 15.4. The Morgan fingerprint density at radius 1 is 0.828 bits per heavy atom. The second kappa shape index (κ2) is 12.0. The number of carboxylic acids is 3. The van der Waals surface area contributed by atoms with Crippen LogP contribution in [0.25, 0.3) is 0 Å². The lowest BCUT2D eigenvalue weighted by Gasteiger charge is -2.20. The number of ether oxygens (including phenoxy) is 1. The van der Waals surface area contributed by atoms with Gasteiger partial charge in [0.25, 0.3) is 0 Å². The highest BCUT2D eigenvalue weighted by atomic mass is 16.5. The van der Waals surface area contributed by atoms with Gasteiger partial charge in [-0.15, -0.1) is 0 Å². The van der Waals surface area contributed by atoms with Crippen LogP contribution in [0.1, 0.15) is 31.2 Å². The highest BCUT2D eigenvalue weighted by molar-refractivity contribution is 5.89. The van der Waals surface area contributed by atoms with Crippen molar-refractivity contribution in [3.8, 4) is 0 Å². The number of alkyl carbamates (subject to hydrolysis) is 1. The number of amides is 2. The van der Waals surface area contributed by atoms with Gasteiger partial charge in [-0.05, 0) is 18.4 Å². The molecule has 29 heavy (non-hydrogen) atoms. The molecule has 0 saturated heterocycles. The first-order valence-electron chi connectivity index (χ1n) is 8.63. The SMILES string of the molecule is O=C(O)CC[C@@H](NC(=O)[C@@H](CCC(=O)O)NC(=O)OCc1ccccc1)C(=O)O. The molecule has 0 aliphatic heterocycles. The van der Waals surface area contributed by atoms with E-state index in [0.29, 0.717) is 5.56 Å². The molecule has 5 N–H and O–H groups in total. The van der Waals surface area contributed by atoms with E-state index in [2.05, 4.69) is 10.6 Å². The van der Waals surface area contributed by atoms with E-state index in [9.17, 15) is 24.0 Å². The van der Waals surface area contributed by atoms with Gasteiger partial charge in [0, 0.05) is 12.8 Å². The minimum absolute atomic E-state index is 0.0870. The molecule has 158 valence electrons. The minimum atomic E-state index is -1.51. The van der Waals surface area contributed by atoms with E-state index < -0.39 is 54.8 Å². The summed E-state index contributed by atoms with van der Waals surface area (Å²) in [4.78, 5) is 56.9. The first-order chi connectivity index (χ1) is 13.7. The number of carboxylic acid groups (broad SMARTS) is 3. The Hall–Kier alpha value is -3.63. The molecule has 11 nitrogen and oxygen atoms in total. The third-order valence-corrected chi connectivity index (χ3v) is 3.73. The average molecular weight is 410 g/mol. The van der Waals surface area contributed by atoms with Gasteiger partial charge in [-0.25, -0.2) is 9.59 Å². The van der Waals surface area contributed by atoms with Crippen LogP contribution in [0.5, 0.6) is 0 Å². The molecule has 0 aliphatic carbocycles. The van der Waals surface area contributed by atoms with Gasteiger partial charge in [0.05, 0.1) is 0 Å². The highest BCUT2D eigenvalue weighted by Gasteiger charge is 2.27. The van der Waals surface area contributed by atoms with Crippen LogP contribution in [-0.2, 0) is 30.5 Å². The predicted octanol–water partition coefficient (Wildman–Crippen LogP) is 0.580. The number of rotatable bonds is 12. The molecule has 0 spiro atoms. The summed E-state index contributed by atoms with van der Waals surface area (Å²) in [7, 11) is 0. The van der Waals surface area contributed by atoms with E-state index >= 15 is 0 Å². The summed E-state index contributed by atoms with van der Waals surface area (Å²) in [5.41, 5.74) is 0.689. The Kier molecular flexibility index (Phi) is 9.65. The van der Waals surface area contributed by atoms with Crippen LogP contribution in [0.4, 0.5) is 4.79 Å². The van der Waals surface area contributed by atoms with Crippen LogP contribution in [0, 0.1) is 0 Å². The maximum atomic E-state index is 12.3. The number of hydrogen-bond acceptors (Lipinski definition) is 6.